The zero-order valence-electron chi connectivity index (χ0n) is 17.8. The van der Waals surface area contributed by atoms with Gasteiger partial charge < -0.3 is 24.8 Å². The van der Waals surface area contributed by atoms with Gasteiger partial charge in [-0.1, -0.05) is 18.2 Å². The van der Waals surface area contributed by atoms with Crippen LogP contribution in [-0.4, -0.2) is 44.4 Å². The van der Waals surface area contributed by atoms with E-state index in [1.54, 1.807) is 14.2 Å². The summed E-state index contributed by atoms with van der Waals surface area (Å²) in [5, 5.41) is 6.56. The summed E-state index contributed by atoms with van der Waals surface area (Å²) < 4.78 is 17.0. The van der Waals surface area contributed by atoms with Crippen molar-refractivity contribution in [3.63, 3.8) is 0 Å². The lowest BCUT2D eigenvalue weighted by Crippen LogP contribution is -2.41. The van der Waals surface area contributed by atoms with Crippen molar-refractivity contribution in [3.8, 4) is 17.4 Å². The predicted octanol–water partition coefficient (Wildman–Crippen LogP) is 3.63. The molecule has 1 aliphatic rings. The summed E-state index contributed by atoms with van der Waals surface area (Å²) in [7, 11) is 3.38. The summed E-state index contributed by atoms with van der Waals surface area (Å²) in [6.07, 6.45) is 4.32. The average molecular weight is 526 g/mol. The maximum atomic E-state index is 5.96. The third-order valence-electron chi connectivity index (χ3n) is 4.60. The minimum absolute atomic E-state index is 0. The number of hydrogen-bond donors (Lipinski definition) is 2. The van der Waals surface area contributed by atoms with Crippen LogP contribution in [0.1, 0.15) is 25.3 Å². The van der Waals surface area contributed by atoms with Gasteiger partial charge in [0.1, 0.15) is 6.10 Å². The molecule has 1 heterocycles. The molecular formula is C22H31IN4O3. The second-order valence-electron chi connectivity index (χ2n) is 7.15. The smallest absolute Gasteiger partial charge is 0.213 e. The average Bonchev–Trinajstić information content (AvgIpc) is 3.58. The highest BCUT2D eigenvalue weighted by molar-refractivity contribution is 14.0. The van der Waals surface area contributed by atoms with Crippen molar-refractivity contribution >= 4 is 29.9 Å². The number of aromatic nitrogens is 1. The standard InChI is InChI=1S/C22H30N4O3.HI/c1-16(29-20-7-5-4-6-19(20)27-3)12-25-22(23-2)26-14-18-10-11-21(24-13-18)28-15-17-8-9-17;/h4-7,10-11,13,16-17H,8-9,12,14-15H2,1-3H3,(H2,23,25,26);1H. The van der Waals surface area contributed by atoms with Gasteiger partial charge in [0, 0.05) is 25.9 Å². The molecule has 1 saturated carbocycles. The minimum Gasteiger partial charge on any atom is -0.493 e. The van der Waals surface area contributed by atoms with E-state index >= 15 is 0 Å². The van der Waals surface area contributed by atoms with Crippen LogP contribution in [0.2, 0.25) is 0 Å². The molecule has 2 N–H and O–H groups in total. The summed E-state index contributed by atoms with van der Waals surface area (Å²) in [6, 6.07) is 11.6. The Morgan fingerprint density at radius 3 is 2.57 bits per heavy atom. The molecule has 0 aliphatic heterocycles. The van der Waals surface area contributed by atoms with E-state index in [4.69, 9.17) is 14.2 Å². The Morgan fingerprint density at radius 2 is 1.93 bits per heavy atom. The van der Waals surface area contributed by atoms with Gasteiger partial charge in [-0.05, 0) is 43.4 Å². The van der Waals surface area contributed by atoms with Crippen LogP contribution in [0.15, 0.2) is 47.6 Å². The normalized spacial score (nSPS) is 14.3. The third-order valence-corrected chi connectivity index (χ3v) is 4.60. The topological polar surface area (TPSA) is 77.0 Å². The number of methoxy groups -OCH3 is 1. The lowest BCUT2D eigenvalue weighted by Gasteiger charge is -2.19. The zero-order valence-corrected chi connectivity index (χ0v) is 20.1. The number of pyridine rings is 1. The van der Waals surface area contributed by atoms with Crippen molar-refractivity contribution in [1.29, 1.82) is 0 Å². The maximum absolute atomic E-state index is 5.96. The molecule has 0 spiro atoms. The van der Waals surface area contributed by atoms with Crippen LogP contribution in [0.3, 0.4) is 0 Å². The Kier molecular flexibility index (Phi) is 9.99. The highest BCUT2D eigenvalue weighted by Gasteiger charge is 2.22. The van der Waals surface area contributed by atoms with Crippen molar-refractivity contribution in [2.75, 3.05) is 27.3 Å². The van der Waals surface area contributed by atoms with E-state index in [1.165, 1.54) is 12.8 Å². The van der Waals surface area contributed by atoms with E-state index in [0.717, 1.165) is 29.6 Å². The zero-order chi connectivity index (χ0) is 20.5. The van der Waals surface area contributed by atoms with Gasteiger partial charge >= 0.3 is 0 Å². The molecule has 1 fully saturated rings. The Labute approximate surface area is 195 Å². The van der Waals surface area contributed by atoms with E-state index < -0.39 is 0 Å². The summed E-state index contributed by atoms with van der Waals surface area (Å²) >= 11 is 0. The van der Waals surface area contributed by atoms with Crippen molar-refractivity contribution in [1.82, 2.24) is 15.6 Å². The fourth-order valence-electron chi connectivity index (χ4n) is 2.71. The van der Waals surface area contributed by atoms with Crippen LogP contribution in [0.4, 0.5) is 0 Å². The third kappa shape index (κ3) is 7.89. The number of nitrogens with zero attached hydrogens (tertiary/aromatic N) is 2. The molecule has 2 aromatic rings. The van der Waals surface area contributed by atoms with Gasteiger partial charge in [-0.15, -0.1) is 24.0 Å². The molecule has 1 aliphatic carbocycles. The highest BCUT2D eigenvalue weighted by Crippen LogP contribution is 2.29. The van der Waals surface area contributed by atoms with Crippen molar-refractivity contribution in [2.24, 2.45) is 10.9 Å². The lowest BCUT2D eigenvalue weighted by atomic mass is 10.3. The van der Waals surface area contributed by atoms with E-state index in [0.29, 0.717) is 24.9 Å². The summed E-state index contributed by atoms with van der Waals surface area (Å²) in [4.78, 5) is 8.62. The molecule has 7 nitrogen and oxygen atoms in total. The largest absolute Gasteiger partial charge is 0.493 e. The number of hydrogen-bond acceptors (Lipinski definition) is 5. The van der Waals surface area contributed by atoms with Crippen molar-refractivity contribution < 1.29 is 14.2 Å². The first-order valence-electron chi connectivity index (χ1n) is 10.00. The number of aliphatic imine (C=N–C) groups is 1. The quantitative estimate of drug-likeness (QED) is 0.280. The van der Waals surface area contributed by atoms with Gasteiger partial charge in [0.15, 0.2) is 17.5 Å². The molecule has 0 radical (unpaired) electrons. The first kappa shape index (κ1) is 24.0. The summed E-state index contributed by atoms with van der Waals surface area (Å²) in [5.74, 6) is 3.56. The minimum atomic E-state index is -0.0607. The second-order valence-corrected chi connectivity index (χ2v) is 7.15. The molecule has 0 bridgehead atoms. The molecular weight excluding hydrogens is 495 g/mol. The van der Waals surface area contributed by atoms with E-state index in [-0.39, 0.29) is 30.1 Å². The molecule has 30 heavy (non-hydrogen) atoms. The van der Waals surface area contributed by atoms with Gasteiger partial charge in [0.25, 0.3) is 0 Å². The fourth-order valence-corrected chi connectivity index (χ4v) is 2.71. The molecule has 1 aromatic carbocycles. The molecule has 3 rings (SSSR count). The molecule has 0 saturated heterocycles. The van der Waals surface area contributed by atoms with Crippen LogP contribution in [0.25, 0.3) is 0 Å². The van der Waals surface area contributed by atoms with Crippen LogP contribution < -0.4 is 24.8 Å². The molecule has 1 aromatic heterocycles. The molecule has 1 unspecified atom stereocenters. The Balaban J connectivity index is 0.00000320. The SMILES string of the molecule is CN=C(NCc1ccc(OCC2CC2)nc1)NCC(C)Oc1ccccc1OC.I. The predicted molar refractivity (Wildman–Crippen MR) is 129 cm³/mol. The number of benzene rings is 1. The Morgan fingerprint density at radius 1 is 1.17 bits per heavy atom. The van der Waals surface area contributed by atoms with Crippen molar-refractivity contribution in [3.05, 3.63) is 48.2 Å². The number of rotatable bonds is 10. The molecule has 1 atom stereocenters. The van der Waals surface area contributed by atoms with E-state index in [2.05, 4.69) is 20.6 Å². The molecule has 8 heteroatoms. The van der Waals surface area contributed by atoms with E-state index in [1.807, 2.05) is 49.5 Å². The first-order valence-corrected chi connectivity index (χ1v) is 10.00. The van der Waals surface area contributed by atoms with Crippen LogP contribution in [0, 0.1) is 5.92 Å². The number of halogens is 1. The van der Waals surface area contributed by atoms with Crippen molar-refractivity contribution in [2.45, 2.75) is 32.4 Å². The van der Waals surface area contributed by atoms with Gasteiger partial charge in [-0.2, -0.15) is 0 Å². The van der Waals surface area contributed by atoms with Gasteiger partial charge in [-0.25, -0.2) is 4.98 Å². The summed E-state index contributed by atoms with van der Waals surface area (Å²) in [6.45, 7) is 3.99. The highest BCUT2D eigenvalue weighted by atomic mass is 127. The second kappa shape index (κ2) is 12.5. The Bertz CT molecular complexity index is 797. The molecule has 0 amide bonds. The molecule has 164 valence electrons. The lowest BCUT2D eigenvalue weighted by molar-refractivity contribution is 0.213. The van der Waals surface area contributed by atoms with Crippen LogP contribution >= 0.6 is 24.0 Å². The van der Waals surface area contributed by atoms with Crippen LogP contribution in [-0.2, 0) is 6.54 Å². The number of nitrogens with one attached hydrogen (secondary N) is 2. The Hall–Kier alpha value is -2.23. The number of ether oxygens (including phenoxy) is 3. The number of guanidine groups is 1. The monoisotopic (exact) mass is 526 g/mol. The van der Waals surface area contributed by atoms with Gasteiger partial charge in [0.05, 0.1) is 20.3 Å². The van der Waals surface area contributed by atoms with Crippen LogP contribution in [0.5, 0.6) is 17.4 Å². The number of para-hydroxylation sites is 2. The first-order chi connectivity index (χ1) is 14.2. The summed E-state index contributed by atoms with van der Waals surface area (Å²) in [5.41, 5.74) is 1.06. The fraction of sp³-hybridized carbons (Fsp3) is 0.455. The van der Waals surface area contributed by atoms with E-state index in [9.17, 15) is 0 Å². The maximum Gasteiger partial charge on any atom is 0.213 e. The van der Waals surface area contributed by atoms with Gasteiger partial charge in [-0.3, -0.25) is 4.99 Å². The van der Waals surface area contributed by atoms with Gasteiger partial charge in [0.2, 0.25) is 5.88 Å².